The number of pyridine rings is 1. The molecule has 20 heavy (non-hydrogen) atoms. The maximum atomic E-state index is 3.26. The van der Waals surface area contributed by atoms with Gasteiger partial charge in [-0.05, 0) is 16.8 Å². The molecule has 0 aliphatic rings. The largest absolute Gasteiger partial charge is 1.00 e. The van der Waals surface area contributed by atoms with E-state index in [0.717, 1.165) is 11.1 Å². The molecule has 0 unspecified atom stereocenters. The van der Waals surface area contributed by atoms with Crippen molar-refractivity contribution in [1.29, 1.82) is 0 Å². The minimum Gasteiger partial charge on any atom is -1.00 e. The smallest absolute Gasteiger partial charge is 0.169 e. The summed E-state index contributed by atoms with van der Waals surface area (Å²) in [6.45, 7) is 0. The van der Waals surface area contributed by atoms with Gasteiger partial charge in [0.1, 0.15) is 7.05 Å². The summed E-state index contributed by atoms with van der Waals surface area (Å²) >= 11 is 0. The molecule has 0 saturated heterocycles. The number of aryl methyl sites for hydroxylation is 1. The second-order valence-corrected chi connectivity index (χ2v) is 4.53. The molecule has 1 heterocycles. The van der Waals surface area contributed by atoms with Crippen molar-refractivity contribution in [2.45, 2.75) is 0 Å². The second kappa shape index (κ2) is 6.53. The average molecular weight is 371 g/mol. The van der Waals surface area contributed by atoms with Gasteiger partial charge in [0.25, 0.3) is 0 Å². The van der Waals surface area contributed by atoms with Crippen LogP contribution in [0.25, 0.3) is 10.8 Å². The molecule has 0 N–H and O–H groups in total. The lowest BCUT2D eigenvalue weighted by Gasteiger charge is -1.99. The van der Waals surface area contributed by atoms with Gasteiger partial charge < -0.3 is 24.0 Å². The zero-order valence-corrected chi connectivity index (χ0v) is 13.3. The van der Waals surface area contributed by atoms with Crippen molar-refractivity contribution < 1.29 is 28.5 Å². The molecule has 0 fully saturated rings. The number of hydrogen-bond donors (Lipinski definition) is 0. The van der Waals surface area contributed by atoms with Gasteiger partial charge in [0, 0.05) is 23.3 Å². The topological polar surface area (TPSA) is 3.88 Å². The van der Waals surface area contributed by atoms with Crippen LogP contribution in [-0.2, 0) is 7.05 Å². The van der Waals surface area contributed by atoms with Crippen LogP contribution in [0.5, 0.6) is 0 Å². The minimum atomic E-state index is 0. The van der Waals surface area contributed by atoms with Crippen molar-refractivity contribution in [2.24, 2.45) is 7.05 Å². The summed E-state index contributed by atoms with van der Waals surface area (Å²) < 4.78 is 2.00. The van der Waals surface area contributed by atoms with Crippen molar-refractivity contribution in [2.75, 3.05) is 0 Å². The molecule has 0 atom stereocenters. The molecule has 0 bridgehead atoms. The number of aromatic nitrogens is 1. The summed E-state index contributed by atoms with van der Waals surface area (Å²) in [5, 5.41) is 2.44. The van der Waals surface area contributed by atoms with Crippen molar-refractivity contribution in [3.63, 3.8) is 0 Å². The fourth-order valence-electron chi connectivity index (χ4n) is 2.06. The lowest BCUT2D eigenvalue weighted by atomic mass is 10.0. The quantitative estimate of drug-likeness (QED) is 0.299. The highest BCUT2D eigenvalue weighted by Crippen LogP contribution is 2.17. The van der Waals surface area contributed by atoms with Crippen molar-refractivity contribution in [3.05, 3.63) is 78.1 Å². The van der Waals surface area contributed by atoms with Crippen molar-refractivity contribution in [1.82, 2.24) is 0 Å². The Labute approximate surface area is 136 Å². The fraction of sp³-hybridized carbons (Fsp3) is 0.0556. The Bertz CT molecular complexity index is 774. The first-order valence-electron chi connectivity index (χ1n) is 6.28. The van der Waals surface area contributed by atoms with Crippen LogP contribution in [0.15, 0.2) is 67.0 Å². The lowest BCUT2D eigenvalue weighted by molar-refractivity contribution is -0.671. The Morgan fingerprint density at radius 2 is 1.50 bits per heavy atom. The molecule has 3 rings (SSSR count). The highest BCUT2D eigenvalue weighted by atomic mass is 127. The first-order chi connectivity index (χ1) is 9.33. The molecule has 1 nitrogen and oxygen atoms in total. The van der Waals surface area contributed by atoms with Gasteiger partial charge in [-0.3, -0.25) is 0 Å². The molecule has 2 heteroatoms. The summed E-state index contributed by atoms with van der Waals surface area (Å²) in [7, 11) is 2.00. The number of rotatable bonds is 0. The Morgan fingerprint density at radius 3 is 2.30 bits per heavy atom. The summed E-state index contributed by atoms with van der Waals surface area (Å²) in [4.78, 5) is 0. The van der Waals surface area contributed by atoms with Crippen molar-refractivity contribution >= 4 is 10.8 Å². The van der Waals surface area contributed by atoms with Gasteiger partial charge in [-0.2, -0.15) is 0 Å². The van der Waals surface area contributed by atoms with Crippen LogP contribution in [0.3, 0.4) is 0 Å². The van der Waals surface area contributed by atoms with E-state index in [9.17, 15) is 0 Å². The highest BCUT2D eigenvalue weighted by Gasteiger charge is 1.96. The van der Waals surface area contributed by atoms with Gasteiger partial charge in [-0.25, -0.2) is 4.57 Å². The third-order valence-electron chi connectivity index (χ3n) is 3.11. The number of nitrogens with zero attached hydrogens (tertiary/aromatic N) is 1. The first-order valence-corrected chi connectivity index (χ1v) is 6.28. The normalized spacial score (nSPS) is 9.45. The van der Waals surface area contributed by atoms with E-state index in [1.54, 1.807) is 0 Å². The molecule has 0 radical (unpaired) electrons. The Balaban J connectivity index is 0.00000147. The predicted octanol–water partition coefficient (Wildman–Crippen LogP) is 0.0681. The van der Waals surface area contributed by atoms with Crippen LogP contribution >= 0.6 is 0 Å². The monoisotopic (exact) mass is 371 g/mol. The molecule has 98 valence electrons. The molecule has 0 saturated carbocycles. The summed E-state index contributed by atoms with van der Waals surface area (Å²) in [5.74, 6) is 6.48. The standard InChI is InChI=1S/C18H14N.HI/c1-19-13-11-15(12-14-19)9-10-17-7-4-6-16-5-2-3-8-18(16)17;/h2-8,11-14H,1H3;1H/q+1;/p-1. The van der Waals surface area contributed by atoms with Crippen LogP contribution in [0, 0.1) is 11.8 Å². The maximum absolute atomic E-state index is 3.26. The number of halogens is 1. The molecule has 0 aliphatic carbocycles. The van der Waals surface area contributed by atoms with E-state index in [-0.39, 0.29) is 24.0 Å². The summed E-state index contributed by atoms with van der Waals surface area (Å²) in [5.41, 5.74) is 2.11. The van der Waals surface area contributed by atoms with Crippen molar-refractivity contribution in [3.8, 4) is 11.8 Å². The van der Waals surface area contributed by atoms with Gasteiger partial charge in [-0.1, -0.05) is 48.2 Å². The predicted molar refractivity (Wildman–Crippen MR) is 77.5 cm³/mol. The van der Waals surface area contributed by atoms with Crippen LogP contribution in [-0.4, -0.2) is 0 Å². The zero-order chi connectivity index (χ0) is 13.1. The van der Waals surface area contributed by atoms with E-state index in [4.69, 9.17) is 0 Å². The number of hydrogen-bond acceptors (Lipinski definition) is 0. The van der Waals surface area contributed by atoms with Crippen LogP contribution in [0.1, 0.15) is 11.1 Å². The molecule has 3 aromatic rings. The molecular formula is C18H14IN. The fourth-order valence-corrected chi connectivity index (χ4v) is 2.06. The third-order valence-corrected chi connectivity index (χ3v) is 3.11. The van der Waals surface area contributed by atoms with E-state index in [0.29, 0.717) is 0 Å². The first kappa shape index (κ1) is 14.5. The van der Waals surface area contributed by atoms with E-state index in [2.05, 4.69) is 54.3 Å². The van der Waals surface area contributed by atoms with E-state index >= 15 is 0 Å². The summed E-state index contributed by atoms with van der Waals surface area (Å²) in [6.07, 6.45) is 4.01. The van der Waals surface area contributed by atoms with Gasteiger partial charge in [0.2, 0.25) is 0 Å². The minimum absolute atomic E-state index is 0. The van der Waals surface area contributed by atoms with Crippen LogP contribution < -0.4 is 28.5 Å². The second-order valence-electron chi connectivity index (χ2n) is 4.53. The maximum Gasteiger partial charge on any atom is 0.169 e. The Morgan fingerprint density at radius 1 is 0.800 bits per heavy atom. The van der Waals surface area contributed by atoms with E-state index < -0.39 is 0 Å². The average Bonchev–Trinajstić information content (AvgIpc) is 2.47. The molecule has 2 aromatic carbocycles. The Hall–Kier alpha value is -1.86. The molecule has 1 aromatic heterocycles. The van der Waals surface area contributed by atoms with E-state index in [1.165, 1.54) is 10.8 Å². The number of fused-ring (bicyclic) bond motifs is 1. The number of benzene rings is 2. The van der Waals surface area contributed by atoms with Gasteiger partial charge >= 0.3 is 0 Å². The molecule has 0 aliphatic heterocycles. The van der Waals surface area contributed by atoms with Crippen LogP contribution in [0.2, 0.25) is 0 Å². The zero-order valence-electron chi connectivity index (χ0n) is 11.2. The summed E-state index contributed by atoms with van der Waals surface area (Å²) in [6, 6.07) is 18.6. The molecular weight excluding hydrogens is 357 g/mol. The van der Waals surface area contributed by atoms with Gasteiger partial charge in [0.15, 0.2) is 12.4 Å². The van der Waals surface area contributed by atoms with E-state index in [1.807, 2.05) is 36.1 Å². The lowest BCUT2D eigenvalue weighted by Crippen LogP contribution is -3.00. The third kappa shape index (κ3) is 3.17. The molecule has 0 spiro atoms. The van der Waals surface area contributed by atoms with Gasteiger partial charge in [0.05, 0.1) is 0 Å². The highest BCUT2D eigenvalue weighted by molar-refractivity contribution is 5.88. The Kier molecular flexibility index (Phi) is 4.75. The SMILES string of the molecule is C[n+]1ccc(C#Cc2cccc3ccccc23)cc1.[I-]. The molecule has 0 amide bonds. The van der Waals surface area contributed by atoms with Gasteiger partial charge in [-0.15, -0.1) is 0 Å². The van der Waals surface area contributed by atoms with Crippen LogP contribution in [0.4, 0.5) is 0 Å².